The maximum absolute atomic E-state index is 11.9. The Kier molecular flexibility index (Phi) is 6.89. The van der Waals surface area contributed by atoms with Crippen LogP contribution in [0.1, 0.15) is 36.3 Å². The number of hydrogen-bond donors (Lipinski definition) is 1. The fraction of sp³-hybridized carbons (Fsp3) is 0.389. The minimum absolute atomic E-state index is 0.0480. The van der Waals surface area contributed by atoms with E-state index in [0.717, 1.165) is 10.4 Å². The maximum atomic E-state index is 11.9. The lowest BCUT2D eigenvalue weighted by Gasteiger charge is -2.06. The number of rotatable bonds is 8. The van der Waals surface area contributed by atoms with E-state index in [2.05, 4.69) is 16.4 Å². The van der Waals surface area contributed by atoms with E-state index in [1.165, 1.54) is 11.3 Å². The number of aromatic nitrogens is 1. The summed E-state index contributed by atoms with van der Waals surface area (Å²) in [5, 5.41) is 11.9. The fourth-order valence-corrected chi connectivity index (χ4v) is 4.91. The predicted molar refractivity (Wildman–Crippen MR) is 103 cm³/mol. The molecule has 0 radical (unpaired) electrons. The van der Waals surface area contributed by atoms with E-state index >= 15 is 0 Å². The summed E-state index contributed by atoms with van der Waals surface area (Å²) in [4.78, 5) is 17.1. The van der Waals surface area contributed by atoms with Crippen LogP contribution in [0.25, 0.3) is 0 Å². The summed E-state index contributed by atoms with van der Waals surface area (Å²) in [5.74, 6) is -0.365. The zero-order valence-electron chi connectivity index (χ0n) is 14.7. The molecule has 0 saturated carbocycles. The molecule has 8 heteroatoms. The van der Waals surface area contributed by atoms with E-state index in [-0.39, 0.29) is 29.8 Å². The van der Waals surface area contributed by atoms with Gasteiger partial charge in [0.25, 0.3) is 0 Å². The second-order valence-electron chi connectivity index (χ2n) is 6.42. The van der Waals surface area contributed by atoms with Gasteiger partial charge in [-0.1, -0.05) is 26.0 Å². The molecule has 0 spiro atoms. The summed E-state index contributed by atoms with van der Waals surface area (Å²) in [7, 11) is -3.21. The van der Waals surface area contributed by atoms with Crippen molar-refractivity contribution in [3.63, 3.8) is 0 Å². The summed E-state index contributed by atoms with van der Waals surface area (Å²) in [6.45, 7) is 3.67. The number of carbonyl (C=O) groups excluding carboxylic acids is 1. The Morgan fingerprint density at radius 3 is 2.62 bits per heavy atom. The summed E-state index contributed by atoms with van der Waals surface area (Å²) in [5.41, 5.74) is 1.66. The first-order valence-corrected chi connectivity index (χ1v) is 10.8. The lowest BCUT2D eigenvalue weighted by Crippen LogP contribution is -2.20. The van der Waals surface area contributed by atoms with Crippen molar-refractivity contribution in [3.05, 3.63) is 46.5 Å². The molecule has 0 atom stereocenters. The highest BCUT2D eigenvalue weighted by Gasteiger charge is 2.16. The van der Waals surface area contributed by atoms with Crippen LogP contribution in [-0.2, 0) is 21.1 Å². The first-order valence-electron chi connectivity index (χ1n) is 8.21. The minimum atomic E-state index is -3.21. The Morgan fingerprint density at radius 1 is 1.31 bits per heavy atom. The van der Waals surface area contributed by atoms with E-state index in [0.29, 0.717) is 17.1 Å². The number of sulfone groups is 1. The Hall–Kier alpha value is -2.24. The molecule has 0 saturated heterocycles. The number of amides is 1. The van der Waals surface area contributed by atoms with Gasteiger partial charge in [0.15, 0.2) is 15.0 Å². The third-order valence-corrected chi connectivity index (χ3v) is 6.40. The predicted octanol–water partition coefficient (Wildman–Crippen LogP) is 3.00. The largest absolute Gasteiger partial charge is 0.302 e. The first kappa shape index (κ1) is 20.1. The summed E-state index contributed by atoms with van der Waals surface area (Å²) < 4.78 is 23.7. The summed E-state index contributed by atoms with van der Waals surface area (Å²) >= 11 is 1.35. The molecule has 1 aromatic heterocycles. The number of nitriles is 1. The second-order valence-corrected chi connectivity index (χ2v) is 9.77. The van der Waals surface area contributed by atoms with Crippen molar-refractivity contribution in [2.75, 3.05) is 16.8 Å². The van der Waals surface area contributed by atoms with Crippen LogP contribution in [0.3, 0.4) is 0 Å². The molecule has 0 unspecified atom stereocenters. The quantitative estimate of drug-likeness (QED) is 0.745. The number of carbonyl (C=O) groups is 1. The molecular formula is C18H21N3O3S2. The lowest BCUT2D eigenvalue weighted by atomic mass is 10.1. The Morgan fingerprint density at radius 2 is 2.00 bits per heavy atom. The van der Waals surface area contributed by atoms with Gasteiger partial charge in [-0.05, 0) is 23.6 Å². The standard InChI is InChI=1S/C18H21N3O3S2/c1-13(2)12-26(23,24)8-7-17(22)21-18-20-11-16(25-18)9-14-3-5-15(10-19)6-4-14/h3-6,11,13H,7-9,12H2,1-2H3,(H,20,21,22). The van der Waals surface area contributed by atoms with E-state index in [9.17, 15) is 13.2 Å². The zero-order chi connectivity index (χ0) is 19.2. The number of thiazole rings is 1. The second kappa shape index (κ2) is 8.92. The molecule has 26 heavy (non-hydrogen) atoms. The molecule has 0 aliphatic heterocycles. The maximum Gasteiger partial charge on any atom is 0.227 e. The van der Waals surface area contributed by atoms with Crippen LogP contribution >= 0.6 is 11.3 Å². The molecule has 1 amide bonds. The highest BCUT2D eigenvalue weighted by Crippen LogP contribution is 2.21. The molecule has 0 bridgehead atoms. The van der Waals surface area contributed by atoms with E-state index in [4.69, 9.17) is 5.26 Å². The van der Waals surface area contributed by atoms with Gasteiger partial charge in [-0.15, -0.1) is 11.3 Å². The first-order chi connectivity index (χ1) is 12.3. The van der Waals surface area contributed by atoms with Crippen LogP contribution in [-0.4, -0.2) is 30.8 Å². The molecule has 2 rings (SSSR count). The van der Waals surface area contributed by atoms with Gasteiger partial charge < -0.3 is 5.32 Å². The lowest BCUT2D eigenvalue weighted by molar-refractivity contribution is -0.115. The number of benzene rings is 1. The monoisotopic (exact) mass is 391 g/mol. The molecular weight excluding hydrogens is 370 g/mol. The molecule has 0 aliphatic rings. The van der Waals surface area contributed by atoms with Crippen LogP contribution in [0.15, 0.2) is 30.5 Å². The van der Waals surface area contributed by atoms with Crippen LogP contribution in [0.2, 0.25) is 0 Å². The van der Waals surface area contributed by atoms with Crippen molar-refractivity contribution in [2.24, 2.45) is 5.92 Å². The van der Waals surface area contributed by atoms with Crippen molar-refractivity contribution in [3.8, 4) is 6.07 Å². The molecule has 0 aliphatic carbocycles. The van der Waals surface area contributed by atoms with Crippen LogP contribution in [0.4, 0.5) is 5.13 Å². The van der Waals surface area contributed by atoms with E-state index in [1.807, 2.05) is 26.0 Å². The highest BCUT2D eigenvalue weighted by atomic mass is 32.2. The van der Waals surface area contributed by atoms with Gasteiger partial charge >= 0.3 is 0 Å². The normalized spacial score (nSPS) is 11.3. The van der Waals surface area contributed by atoms with Gasteiger partial charge in [0.2, 0.25) is 5.91 Å². The Bertz CT molecular complexity index is 895. The summed E-state index contributed by atoms with van der Waals surface area (Å²) in [6.07, 6.45) is 2.27. The van der Waals surface area contributed by atoms with Crippen molar-refractivity contribution in [1.29, 1.82) is 5.26 Å². The van der Waals surface area contributed by atoms with Crippen molar-refractivity contribution in [2.45, 2.75) is 26.7 Å². The Labute approximate surface area is 157 Å². The molecule has 6 nitrogen and oxygen atoms in total. The van der Waals surface area contributed by atoms with Crippen molar-refractivity contribution < 1.29 is 13.2 Å². The highest BCUT2D eigenvalue weighted by molar-refractivity contribution is 7.91. The average molecular weight is 392 g/mol. The minimum Gasteiger partial charge on any atom is -0.302 e. The third kappa shape index (κ3) is 6.58. The van der Waals surface area contributed by atoms with Crippen LogP contribution in [0, 0.1) is 17.2 Å². The van der Waals surface area contributed by atoms with E-state index < -0.39 is 9.84 Å². The topological polar surface area (TPSA) is 99.9 Å². The fourth-order valence-electron chi connectivity index (χ4n) is 2.37. The molecule has 1 aromatic carbocycles. The molecule has 2 aromatic rings. The molecule has 0 fully saturated rings. The Balaban J connectivity index is 1.87. The van der Waals surface area contributed by atoms with Crippen molar-refractivity contribution >= 4 is 32.2 Å². The van der Waals surface area contributed by atoms with Gasteiger partial charge in [0.05, 0.1) is 23.1 Å². The number of nitrogens with zero attached hydrogens (tertiary/aromatic N) is 2. The van der Waals surface area contributed by atoms with E-state index in [1.54, 1.807) is 18.3 Å². The van der Waals surface area contributed by atoms with Crippen molar-refractivity contribution in [1.82, 2.24) is 4.98 Å². The van der Waals surface area contributed by atoms with Crippen LogP contribution in [0.5, 0.6) is 0 Å². The van der Waals surface area contributed by atoms with Gasteiger partial charge in [-0.25, -0.2) is 13.4 Å². The van der Waals surface area contributed by atoms with Gasteiger partial charge in [0, 0.05) is 23.9 Å². The van der Waals surface area contributed by atoms with Gasteiger partial charge in [-0.3, -0.25) is 4.79 Å². The molecule has 1 heterocycles. The third-order valence-electron chi connectivity index (χ3n) is 3.49. The zero-order valence-corrected chi connectivity index (χ0v) is 16.4. The smallest absolute Gasteiger partial charge is 0.227 e. The van der Waals surface area contributed by atoms with Gasteiger partial charge in [0.1, 0.15) is 0 Å². The number of hydrogen-bond acceptors (Lipinski definition) is 6. The van der Waals surface area contributed by atoms with Gasteiger partial charge in [-0.2, -0.15) is 5.26 Å². The SMILES string of the molecule is CC(C)CS(=O)(=O)CCC(=O)Nc1ncc(Cc2ccc(C#N)cc2)s1. The molecule has 1 N–H and O–H groups in total. The molecule has 138 valence electrons. The average Bonchev–Trinajstić information content (AvgIpc) is 2.99. The number of nitrogens with one attached hydrogen (secondary N) is 1. The van der Waals surface area contributed by atoms with Crippen LogP contribution < -0.4 is 5.32 Å². The summed E-state index contributed by atoms with van der Waals surface area (Å²) in [6, 6.07) is 9.37. The number of anilines is 1.